The maximum Gasteiger partial charge on any atom is 0.0701 e. The lowest BCUT2D eigenvalue weighted by atomic mass is 9.48. The molecule has 0 spiro atoms. The molecule has 1 N–H and O–H groups in total. The summed E-state index contributed by atoms with van der Waals surface area (Å²) in [6.45, 7) is 18.4. The Bertz CT molecular complexity index is 569. The third kappa shape index (κ3) is 5.42. The van der Waals surface area contributed by atoms with Gasteiger partial charge in [0.05, 0.1) is 19.3 Å². The second-order valence-electron chi connectivity index (χ2n) is 13.4. The van der Waals surface area contributed by atoms with Crippen molar-refractivity contribution in [3.05, 3.63) is 0 Å². The average Bonchev–Trinajstić information content (AvgIpc) is 3.05. The topological polar surface area (TPSA) is 29.5 Å². The second-order valence-corrected chi connectivity index (χ2v) is 13.4. The van der Waals surface area contributed by atoms with Crippen molar-refractivity contribution < 1.29 is 9.84 Å². The number of hydrogen-bond acceptors (Lipinski definition) is 2. The first-order chi connectivity index (χ1) is 15.1. The Labute approximate surface area is 200 Å². The zero-order chi connectivity index (χ0) is 23.5. The van der Waals surface area contributed by atoms with Crippen LogP contribution in [0.4, 0.5) is 0 Å². The van der Waals surface area contributed by atoms with Crippen molar-refractivity contribution in [2.24, 2.45) is 52.3 Å². The summed E-state index contributed by atoms with van der Waals surface area (Å²) in [4.78, 5) is 0. The van der Waals surface area contributed by atoms with Gasteiger partial charge in [0.2, 0.25) is 0 Å². The van der Waals surface area contributed by atoms with Gasteiger partial charge in [-0.3, -0.25) is 0 Å². The van der Waals surface area contributed by atoms with Gasteiger partial charge in [0, 0.05) is 0 Å². The van der Waals surface area contributed by atoms with Crippen molar-refractivity contribution in [3.8, 4) is 0 Å². The van der Waals surface area contributed by atoms with Gasteiger partial charge >= 0.3 is 0 Å². The fourth-order valence-corrected chi connectivity index (χ4v) is 9.23. The van der Waals surface area contributed by atoms with E-state index in [0.717, 1.165) is 41.4 Å². The van der Waals surface area contributed by atoms with Gasteiger partial charge in [-0.2, -0.15) is 0 Å². The first-order valence-corrected chi connectivity index (χ1v) is 14.4. The molecule has 0 aromatic heterocycles. The van der Waals surface area contributed by atoms with E-state index in [0.29, 0.717) is 23.5 Å². The summed E-state index contributed by atoms with van der Waals surface area (Å²) in [5.41, 5.74) is 0.980. The van der Waals surface area contributed by atoms with Gasteiger partial charge in [-0.05, 0) is 97.2 Å². The van der Waals surface area contributed by atoms with E-state index < -0.39 is 0 Å². The number of hydrogen-bond donors (Lipinski definition) is 1. The molecule has 0 radical (unpaired) electrons. The summed E-state index contributed by atoms with van der Waals surface area (Å²) in [6, 6.07) is 0. The van der Waals surface area contributed by atoms with Crippen LogP contribution >= 0.6 is 0 Å². The predicted molar refractivity (Wildman–Crippen MR) is 137 cm³/mol. The molecule has 3 aliphatic rings. The maximum atomic E-state index is 9.17. The molecule has 0 aliphatic heterocycles. The lowest BCUT2D eigenvalue weighted by Gasteiger charge is -2.57. The van der Waals surface area contributed by atoms with Crippen LogP contribution in [0.15, 0.2) is 0 Å². The first-order valence-electron chi connectivity index (χ1n) is 14.4. The maximum absolute atomic E-state index is 9.17. The van der Waals surface area contributed by atoms with E-state index in [1.807, 2.05) is 0 Å². The Morgan fingerprint density at radius 1 is 0.969 bits per heavy atom. The van der Waals surface area contributed by atoms with E-state index in [-0.39, 0.29) is 6.61 Å². The predicted octanol–water partition coefficient (Wildman–Crippen LogP) is 8.12. The highest BCUT2D eigenvalue weighted by Crippen LogP contribution is 2.63. The van der Waals surface area contributed by atoms with Gasteiger partial charge in [-0.1, -0.05) is 74.1 Å². The zero-order valence-corrected chi connectivity index (χ0v) is 22.7. The minimum Gasteiger partial charge on any atom is -0.394 e. The zero-order valence-electron chi connectivity index (χ0n) is 22.7. The lowest BCUT2D eigenvalue weighted by Crippen LogP contribution is -2.51. The molecule has 3 aliphatic carbocycles. The van der Waals surface area contributed by atoms with Crippen LogP contribution < -0.4 is 0 Å². The van der Waals surface area contributed by atoms with Crippen molar-refractivity contribution in [2.75, 3.05) is 13.2 Å². The molecule has 0 amide bonds. The van der Waals surface area contributed by atoms with Gasteiger partial charge in [-0.15, -0.1) is 0 Å². The van der Waals surface area contributed by atoms with Crippen molar-refractivity contribution >= 4 is 0 Å². The van der Waals surface area contributed by atoms with Crippen molar-refractivity contribution in [1.82, 2.24) is 0 Å². The third-order valence-corrected chi connectivity index (χ3v) is 10.9. The highest BCUT2D eigenvalue weighted by molar-refractivity contribution is 5.05. The second kappa shape index (κ2) is 11.1. The van der Waals surface area contributed by atoms with E-state index in [1.165, 1.54) is 70.6 Å². The van der Waals surface area contributed by atoms with Crippen molar-refractivity contribution in [3.63, 3.8) is 0 Å². The lowest BCUT2D eigenvalue weighted by molar-refractivity contribution is -0.112. The van der Waals surface area contributed by atoms with Gasteiger partial charge < -0.3 is 9.84 Å². The van der Waals surface area contributed by atoms with Crippen molar-refractivity contribution in [2.45, 2.75) is 125 Å². The molecule has 0 aromatic rings. The highest BCUT2D eigenvalue weighted by Gasteiger charge is 2.56. The summed E-state index contributed by atoms with van der Waals surface area (Å²) in [5.74, 6) is 6.14. The van der Waals surface area contributed by atoms with Crippen LogP contribution in [0.3, 0.4) is 0 Å². The number of aliphatic hydroxyl groups is 1. The average molecular weight is 449 g/mol. The molecule has 0 bridgehead atoms. The van der Waals surface area contributed by atoms with E-state index >= 15 is 0 Å². The summed E-state index contributed by atoms with van der Waals surface area (Å²) in [5, 5.41) is 9.17. The molecule has 0 heterocycles. The molecule has 32 heavy (non-hydrogen) atoms. The van der Waals surface area contributed by atoms with Crippen LogP contribution in [0.1, 0.15) is 119 Å². The minimum absolute atomic E-state index is 0.159. The number of rotatable bonds is 10. The highest BCUT2D eigenvalue weighted by atomic mass is 16.5. The van der Waals surface area contributed by atoms with Gasteiger partial charge in [0.1, 0.15) is 0 Å². The van der Waals surface area contributed by atoms with Crippen LogP contribution in [0.2, 0.25) is 0 Å². The van der Waals surface area contributed by atoms with Gasteiger partial charge in [0.25, 0.3) is 0 Å². The molecule has 0 aromatic carbocycles. The SMILES string of the molecule is CC[C@H]1[C@H]([C@@H]2CC[C@H]([C@H](C)CCCC(C)C)C2(C)C)CC[C@H]2C[C@@H](OCCO)CC[C@@]21C. The van der Waals surface area contributed by atoms with Crippen LogP contribution in [-0.2, 0) is 4.74 Å². The fraction of sp³-hybridized carbons (Fsp3) is 1.00. The molecule has 0 saturated heterocycles. The molecular formula is C30H56O2. The van der Waals surface area contributed by atoms with Gasteiger partial charge in [0.15, 0.2) is 0 Å². The largest absolute Gasteiger partial charge is 0.394 e. The molecular weight excluding hydrogens is 392 g/mol. The van der Waals surface area contributed by atoms with E-state index in [9.17, 15) is 5.11 Å². The Morgan fingerprint density at radius 3 is 2.38 bits per heavy atom. The summed E-state index contributed by atoms with van der Waals surface area (Å²) >= 11 is 0. The molecule has 0 unspecified atom stereocenters. The Kier molecular flexibility index (Phi) is 9.21. The number of aliphatic hydroxyl groups excluding tert-OH is 1. The Balaban J connectivity index is 1.68. The van der Waals surface area contributed by atoms with Crippen LogP contribution in [0.25, 0.3) is 0 Å². The monoisotopic (exact) mass is 448 g/mol. The fourth-order valence-electron chi connectivity index (χ4n) is 9.23. The van der Waals surface area contributed by atoms with Crippen LogP contribution in [0, 0.1) is 52.3 Å². The normalized spacial score (nSPS) is 40.4. The third-order valence-electron chi connectivity index (χ3n) is 10.9. The molecule has 2 nitrogen and oxygen atoms in total. The number of ether oxygens (including phenoxy) is 1. The molecule has 188 valence electrons. The molecule has 8 atom stereocenters. The van der Waals surface area contributed by atoms with E-state index in [4.69, 9.17) is 4.74 Å². The van der Waals surface area contributed by atoms with E-state index in [1.54, 1.807) is 0 Å². The van der Waals surface area contributed by atoms with E-state index in [2.05, 4.69) is 48.5 Å². The summed E-state index contributed by atoms with van der Waals surface area (Å²) in [6.07, 6.45) is 15.5. The Morgan fingerprint density at radius 2 is 1.72 bits per heavy atom. The molecule has 3 saturated carbocycles. The van der Waals surface area contributed by atoms with Crippen LogP contribution in [-0.4, -0.2) is 24.4 Å². The van der Waals surface area contributed by atoms with Crippen LogP contribution in [0.5, 0.6) is 0 Å². The standard InChI is InChI=1S/C30H56O2/c1-8-26-25(13-12-23-20-24(32-19-18-31)16-17-30(23,26)7)28-15-14-27(29(28,5)6)22(4)11-9-10-21(2)3/h21-28,31H,8-20H2,1-7H3/t22-,23+,24+,25-,26+,27-,28+,30+/m1/s1. The summed E-state index contributed by atoms with van der Waals surface area (Å²) in [7, 11) is 0. The minimum atomic E-state index is 0.159. The van der Waals surface area contributed by atoms with Gasteiger partial charge in [-0.25, -0.2) is 0 Å². The summed E-state index contributed by atoms with van der Waals surface area (Å²) < 4.78 is 5.99. The smallest absolute Gasteiger partial charge is 0.0701 e. The van der Waals surface area contributed by atoms with Crippen molar-refractivity contribution in [1.29, 1.82) is 0 Å². The molecule has 3 rings (SSSR count). The molecule has 2 heteroatoms. The number of fused-ring (bicyclic) bond motifs is 1. The Hall–Kier alpha value is -0.0800. The quantitative estimate of drug-likeness (QED) is 0.365. The first kappa shape index (κ1) is 26.5. The molecule has 3 fully saturated rings.